The Morgan fingerprint density at radius 3 is 2.48 bits per heavy atom. The number of hydrogen-bond acceptors (Lipinski definition) is 3. The molecule has 1 heterocycles. The molecule has 0 aromatic heterocycles. The lowest BCUT2D eigenvalue weighted by Crippen LogP contribution is -2.24. The van der Waals surface area contributed by atoms with Crippen LogP contribution in [0.1, 0.15) is 0 Å². The molecule has 0 bridgehead atoms. The average Bonchev–Trinajstić information content (AvgIpc) is 2.80. The maximum atomic E-state index is 12.8. The number of sulfonamides is 1. The molecule has 0 unspecified atom stereocenters. The van der Waals surface area contributed by atoms with Crippen molar-refractivity contribution in [3.8, 4) is 0 Å². The normalized spacial score (nSPS) is 13.3. The summed E-state index contributed by atoms with van der Waals surface area (Å²) < 4.78 is 39.6. The highest BCUT2D eigenvalue weighted by Gasteiger charge is 2.15. The molecule has 21 heavy (non-hydrogen) atoms. The number of benzene rings is 2. The summed E-state index contributed by atoms with van der Waals surface area (Å²) in [6.45, 7) is 0. The molecule has 1 aliphatic heterocycles. The summed E-state index contributed by atoms with van der Waals surface area (Å²) in [5.41, 5.74) is 0.252. The Morgan fingerprint density at radius 1 is 1.05 bits per heavy atom. The number of fused-ring (bicyclic) bond motifs is 1. The van der Waals surface area contributed by atoms with E-state index in [4.69, 9.17) is 0 Å². The number of halogens is 1. The van der Waals surface area contributed by atoms with E-state index in [1.54, 1.807) is 0 Å². The van der Waals surface area contributed by atoms with E-state index in [-0.39, 0.29) is 10.6 Å². The first-order valence-corrected chi connectivity index (χ1v) is 7.45. The van der Waals surface area contributed by atoms with Crippen LogP contribution in [0.4, 0.5) is 10.1 Å². The predicted octanol–water partition coefficient (Wildman–Crippen LogP) is 0.567. The van der Waals surface area contributed by atoms with Crippen molar-refractivity contribution >= 4 is 27.7 Å². The predicted molar refractivity (Wildman–Crippen MR) is 73.9 cm³/mol. The van der Waals surface area contributed by atoms with Crippen LogP contribution in [0.25, 0.3) is 6.08 Å². The Bertz CT molecular complexity index is 951. The number of rotatable bonds is 3. The van der Waals surface area contributed by atoms with Crippen LogP contribution in [-0.2, 0) is 14.8 Å². The van der Waals surface area contributed by atoms with E-state index in [2.05, 4.69) is 9.71 Å². The summed E-state index contributed by atoms with van der Waals surface area (Å²) in [6.07, 6.45) is 1.27. The summed E-state index contributed by atoms with van der Waals surface area (Å²) in [6, 6.07) is 9.17. The van der Waals surface area contributed by atoms with Crippen LogP contribution in [-0.4, -0.2) is 14.3 Å². The van der Waals surface area contributed by atoms with Crippen molar-refractivity contribution in [3.05, 3.63) is 58.9 Å². The fraction of sp³-hybridized carbons (Fsp3) is 0. The Balaban J connectivity index is 1.98. The van der Waals surface area contributed by atoms with Crippen molar-refractivity contribution in [1.82, 2.24) is 0 Å². The lowest BCUT2D eigenvalue weighted by Gasteiger charge is -2.07. The number of nitrogens with one attached hydrogen (secondary N) is 1. The molecule has 1 amide bonds. The third kappa shape index (κ3) is 2.68. The average molecular weight is 304 g/mol. The molecule has 7 heteroatoms. The third-order valence-electron chi connectivity index (χ3n) is 2.92. The van der Waals surface area contributed by atoms with Crippen molar-refractivity contribution < 1.29 is 17.6 Å². The minimum absolute atomic E-state index is 0.00623. The second kappa shape index (κ2) is 4.78. The van der Waals surface area contributed by atoms with Gasteiger partial charge in [-0.1, -0.05) is 0 Å². The van der Waals surface area contributed by atoms with E-state index in [1.165, 1.54) is 36.4 Å². The number of amides is 1. The van der Waals surface area contributed by atoms with Gasteiger partial charge in [-0.3, -0.25) is 9.52 Å². The quantitative estimate of drug-likeness (QED) is 0.900. The van der Waals surface area contributed by atoms with Crippen LogP contribution in [0, 0.1) is 5.82 Å². The van der Waals surface area contributed by atoms with Crippen molar-refractivity contribution in [3.63, 3.8) is 0 Å². The molecule has 0 radical (unpaired) electrons. The molecule has 0 fully saturated rings. The van der Waals surface area contributed by atoms with Gasteiger partial charge in [-0.15, -0.1) is 0 Å². The zero-order chi connectivity index (χ0) is 15.0. The first kappa shape index (κ1) is 13.4. The van der Waals surface area contributed by atoms with E-state index in [0.29, 0.717) is 10.6 Å². The molecule has 3 rings (SSSR count). The van der Waals surface area contributed by atoms with Gasteiger partial charge in [0.1, 0.15) is 5.82 Å². The van der Waals surface area contributed by atoms with Gasteiger partial charge < -0.3 is 0 Å². The van der Waals surface area contributed by atoms with Gasteiger partial charge in [0.25, 0.3) is 15.9 Å². The number of carbonyl (C=O) groups is 1. The van der Waals surface area contributed by atoms with Crippen LogP contribution in [0.2, 0.25) is 0 Å². The Labute approximate surface area is 119 Å². The van der Waals surface area contributed by atoms with E-state index >= 15 is 0 Å². The fourth-order valence-corrected chi connectivity index (χ4v) is 3.03. The molecule has 2 aromatic rings. The van der Waals surface area contributed by atoms with Crippen LogP contribution >= 0.6 is 0 Å². The molecule has 0 saturated heterocycles. The van der Waals surface area contributed by atoms with Crippen molar-refractivity contribution in [1.29, 1.82) is 0 Å². The smallest absolute Gasteiger partial charge is 0.270 e. The fourth-order valence-electron chi connectivity index (χ4n) is 1.93. The second-order valence-corrected chi connectivity index (χ2v) is 6.11. The zero-order valence-corrected chi connectivity index (χ0v) is 11.4. The molecule has 0 atom stereocenters. The lowest BCUT2D eigenvalue weighted by molar-refractivity contribution is -0.112. The van der Waals surface area contributed by atoms with Crippen LogP contribution in [0.15, 0.2) is 52.4 Å². The minimum Gasteiger partial charge on any atom is -0.280 e. The van der Waals surface area contributed by atoms with Gasteiger partial charge in [0.15, 0.2) is 0 Å². The first-order valence-electron chi connectivity index (χ1n) is 5.97. The molecule has 0 aliphatic carbocycles. The van der Waals surface area contributed by atoms with Gasteiger partial charge in [0, 0.05) is 17.0 Å². The van der Waals surface area contributed by atoms with Crippen molar-refractivity contribution in [2.75, 3.05) is 4.72 Å². The molecule has 106 valence electrons. The highest BCUT2D eigenvalue weighted by atomic mass is 32.2. The maximum Gasteiger partial charge on any atom is 0.270 e. The molecular formula is C14H9FN2O3S. The highest BCUT2D eigenvalue weighted by Crippen LogP contribution is 2.14. The van der Waals surface area contributed by atoms with Crippen molar-refractivity contribution in [2.24, 2.45) is 4.99 Å². The molecular weight excluding hydrogens is 295 g/mol. The third-order valence-corrected chi connectivity index (χ3v) is 4.29. The summed E-state index contributed by atoms with van der Waals surface area (Å²) in [7, 11) is -3.81. The van der Waals surface area contributed by atoms with Gasteiger partial charge in [-0.25, -0.2) is 17.8 Å². The summed E-state index contributed by atoms with van der Waals surface area (Å²) in [5, 5.41) is 0.905. The van der Waals surface area contributed by atoms with E-state index in [9.17, 15) is 17.6 Å². The molecule has 2 aromatic carbocycles. The molecule has 5 nitrogen and oxygen atoms in total. The van der Waals surface area contributed by atoms with E-state index in [0.717, 1.165) is 12.1 Å². The van der Waals surface area contributed by atoms with Crippen LogP contribution in [0.3, 0.4) is 0 Å². The van der Waals surface area contributed by atoms with E-state index in [1.807, 2.05) is 0 Å². The highest BCUT2D eigenvalue weighted by molar-refractivity contribution is 7.92. The number of hydrogen-bond donors (Lipinski definition) is 1. The molecule has 0 saturated carbocycles. The largest absolute Gasteiger partial charge is 0.280 e. The minimum atomic E-state index is -3.81. The zero-order valence-electron chi connectivity index (χ0n) is 10.6. The second-order valence-electron chi connectivity index (χ2n) is 4.43. The van der Waals surface area contributed by atoms with Crippen LogP contribution in [0.5, 0.6) is 0 Å². The summed E-state index contributed by atoms with van der Waals surface area (Å²) in [4.78, 5) is 14.9. The number of nitrogens with zero attached hydrogens (tertiary/aromatic N) is 1. The van der Waals surface area contributed by atoms with Gasteiger partial charge in [0.05, 0.1) is 10.3 Å². The molecule has 1 aliphatic rings. The molecule has 1 N–H and O–H groups in total. The number of anilines is 1. The Hall–Kier alpha value is -2.54. The SMILES string of the molecule is O=C1C=c2cc(S(=O)(=O)Nc3ccc(F)cc3)ccc2=N1. The number of carbonyl (C=O) groups excluding carboxylic acids is 1. The van der Waals surface area contributed by atoms with Gasteiger partial charge in [-0.2, -0.15) is 0 Å². The molecule has 0 spiro atoms. The van der Waals surface area contributed by atoms with E-state index < -0.39 is 21.7 Å². The standard InChI is InChI=1S/C14H9FN2O3S/c15-10-1-3-11(4-2-10)17-21(19,20)12-5-6-13-9(7-12)8-14(18)16-13/h1-8,17H. The maximum absolute atomic E-state index is 12.8. The summed E-state index contributed by atoms with van der Waals surface area (Å²) >= 11 is 0. The van der Waals surface area contributed by atoms with Gasteiger partial charge in [0.2, 0.25) is 0 Å². The lowest BCUT2D eigenvalue weighted by atomic mass is 10.3. The topological polar surface area (TPSA) is 75.6 Å². The Morgan fingerprint density at radius 2 is 1.76 bits per heavy atom. The summed E-state index contributed by atoms with van der Waals surface area (Å²) in [5.74, 6) is -0.865. The first-order chi connectivity index (χ1) is 9.94. The monoisotopic (exact) mass is 304 g/mol. The van der Waals surface area contributed by atoms with Crippen LogP contribution < -0.4 is 15.3 Å². The Kier molecular flexibility index (Phi) is 3.06. The van der Waals surface area contributed by atoms with Gasteiger partial charge >= 0.3 is 0 Å². The van der Waals surface area contributed by atoms with Gasteiger partial charge in [-0.05, 0) is 42.5 Å². The van der Waals surface area contributed by atoms with Crippen molar-refractivity contribution in [2.45, 2.75) is 4.90 Å².